The van der Waals surface area contributed by atoms with Crippen molar-refractivity contribution < 1.29 is 0 Å². The fraction of sp³-hybridized carbons (Fsp3) is 0.0345. The van der Waals surface area contributed by atoms with E-state index in [9.17, 15) is 0 Å². The van der Waals surface area contributed by atoms with Crippen molar-refractivity contribution in [2.24, 2.45) is 0 Å². The number of nitrogens with zero attached hydrogens (tertiary/aromatic N) is 2. The molecule has 0 bridgehead atoms. The molecule has 0 saturated carbocycles. The first-order chi connectivity index (χ1) is 15.3. The van der Waals surface area contributed by atoms with Gasteiger partial charge >= 0.3 is 0 Å². The van der Waals surface area contributed by atoms with Crippen LogP contribution >= 0.6 is 0 Å². The quantitative estimate of drug-likeness (QED) is 0.314. The van der Waals surface area contributed by atoms with E-state index in [2.05, 4.69) is 97.9 Å². The molecule has 31 heavy (non-hydrogen) atoms. The Balaban J connectivity index is 1.66. The van der Waals surface area contributed by atoms with Gasteiger partial charge in [0.1, 0.15) is 0 Å². The lowest BCUT2D eigenvalue weighted by Gasteiger charge is -2.11. The van der Waals surface area contributed by atoms with Gasteiger partial charge in [-0.05, 0) is 30.2 Å². The fourth-order valence-electron chi connectivity index (χ4n) is 3.67. The predicted octanol–water partition coefficient (Wildman–Crippen LogP) is 7.45. The second kappa shape index (κ2) is 8.37. The molecule has 2 heteroatoms. The van der Waals surface area contributed by atoms with Crippen molar-refractivity contribution in [2.75, 3.05) is 0 Å². The largest absolute Gasteiger partial charge is 0.228 e. The maximum absolute atomic E-state index is 4.94. The normalized spacial score (nSPS) is 10.7. The van der Waals surface area contributed by atoms with Gasteiger partial charge in [0, 0.05) is 16.7 Å². The Bertz CT molecular complexity index is 1310. The van der Waals surface area contributed by atoms with E-state index in [1.54, 1.807) is 0 Å². The smallest absolute Gasteiger partial charge is 0.160 e. The number of hydrogen-bond donors (Lipinski definition) is 0. The maximum atomic E-state index is 4.94. The van der Waals surface area contributed by atoms with Crippen LogP contribution in [0.25, 0.3) is 45.0 Å². The fourth-order valence-corrected chi connectivity index (χ4v) is 3.67. The summed E-state index contributed by atoms with van der Waals surface area (Å²) >= 11 is 0. The van der Waals surface area contributed by atoms with Crippen molar-refractivity contribution >= 4 is 0 Å². The highest BCUT2D eigenvalue weighted by atomic mass is 14.9. The molecule has 0 amide bonds. The summed E-state index contributed by atoms with van der Waals surface area (Å²) in [6, 6.07) is 39.7. The third-order valence-electron chi connectivity index (χ3n) is 5.37. The maximum Gasteiger partial charge on any atom is 0.160 e. The minimum absolute atomic E-state index is 0.735. The SMILES string of the molecule is Cc1ccc(-c2cc(-c3cccc(-c4ccccc4)c3)nc(-c3ccccc3)n2)cc1. The predicted molar refractivity (Wildman–Crippen MR) is 129 cm³/mol. The van der Waals surface area contributed by atoms with Crippen LogP contribution in [0.2, 0.25) is 0 Å². The van der Waals surface area contributed by atoms with Crippen LogP contribution in [0.3, 0.4) is 0 Å². The van der Waals surface area contributed by atoms with E-state index in [0.717, 1.165) is 33.9 Å². The van der Waals surface area contributed by atoms with Gasteiger partial charge in [-0.1, -0.05) is 109 Å². The second-order valence-corrected chi connectivity index (χ2v) is 7.64. The molecule has 1 aromatic heterocycles. The third kappa shape index (κ3) is 4.15. The van der Waals surface area contributed by atoms with Gasteiger partial charge in [0.15, 0.2) is 5.82 Å². The first-order valence-corrected chi connectivity index (χ1v) is 10.4. The van der Waals surface area contributed by atoms with Gasteiger partial charge in [-0.15, -0.1) is 0 Å². The van der Waals surface area contributed by atoms with Gasteiger partial charge in [-0.25, -0.2) is 9.97 Å². The van der Waals surface area contributed by atoms with Gasteiger partial charge in [0.2, 0.25) is 0 Å². The Morgan fingerprint density at radius 3 is 1.65 bits per heavy atom. The molecule has 4 aromatic carbocycles. The van der Waals surface area contributed by atoms with Crippen molar-refractivity contribution in [1.29, 1.82) is 0 Å². The van der Waals surface area contributed by atoms with Crippen LogP contribution in [0.4, 0.5) is 0 Å². The van der Waals surface area contributed by atoms with Crippen LogP contribution < -0.4 is 0 Å². The molecule has 2 nitrogen and oxygen atoms in total. The van der Waals surface area contributed by atoms with Crippen molar-refractivity contribution in [2.45, 2.75) is 6.92 Å². The van der Waals surface area contributed by atoms with Gasteiger partial charge in [-0.2, -0.15) is 0 Å². The van der Waals surface area contributed by atoms with Crippen LogP contribution in [0.15, 0.2) is 115 Å². The Morgan fingerprint density at radius 1 is 0.419 bits per heavy atom. The van der Waals surface area contributed by atoms with Crippen molar-refractivity contribution in [3.05, 3.63) is 121 Å². The number of benzene rings is 4. The Labute approximate surface area is 182 Å². The molecule has 0 N–H and O–H groups in total. The lowest BCUT2D eigenvalue weighted by molar-refractivity contribution is 1.18. The molecular weight excluding hydrogens is 376 g/mol. The minimum atomic E-state index is 0.735. The molecule has 5 rings (SSSR count). The highest BCUT2D eigenvalue weighted by molar-refractivity contribution is 5.75. The second-order valence-electron chi connectivity index (χ2n) is 7.64. The van der Waals surface area contributed by atoms with E-state index in [0.29, 0.717) is 0 Å². The third-order valence-corrected chi connectivity index (χ3v) is 5.37. The van der Waals surface area contributed by atoms with Crippen LogP contribution in [-0.2, 0) is 0 Å². The summed E-state index contributed by atoms with van der Waals surface area (Å²) in [6.45, 7) is 2.10. The lowest BCUT2D eigenvalue weighted by Crippen LogP contribution is -1.96. The average molecular weight is 399 g/mol. The molecule has 0 fully saturated rings. The number of aryl methyl sites for hydroxylation is 1. The molecule has 0 unspecified atom stereocenters. The highest BCUT2D eigenvalue weighted by Crippen LogP contribution is 2.30. The number of rotatable bonds is 4. The molecule has 148 valence electrons. The van der Waals surface area contributed by atoms with E-state index in [1.165, 1.54) is 16.7 Å². The summed E-state index contributed by atoms with van der Waals surface area (Å²) in [5, 5.41) is 0. The van der Waals surface area contributed by atoms with Crippen molar-refractivity contribution in [3.63, 3.8) is 0 Å². The summed E-state index contributed by atoms with van der Waals surface area (Å²) in [5.41, 5.74) is 8.63. The van der Waals surface area contributed by atoms with Gasteiger partial charge in [0.05, 0.1) is 11.4 Å². The molecule has 5 aromatic rings. The van der Waals surface area contributed by atoms with Crippen LogP contribution in [0.5, 0.6) is 0 Å². The molecule has 0 saturated heterocycles. The average Bonchev–Trinajstić information content (AvgIpc) is 2.85. The summed E-state index contributed by atoms with van der Waals surface area (Å²) < 4.78 is 0. The van der Waals surface area contributed by atoms with Crippen LogP contribution in [0, 0.1) is 6.92 Å². The monoisotopic (exact) mass is 398 g/mol. The van der Waals surface area contributed by atoms with Crippen molar-refractivity contribution in [1.82, 2.24) is 9.97 Å². The Hall–Kier alpha value is -4.04. The Morgan fingerprint density at radius 2 is 0.968 bits per heavy atom. The molecule has 0 aliphatic rings. The standard InChI is InChI=1S/C29H22N2/c1-21-15-17-23(18-16-21)27-20-28(31-29(30-27)24-11-6-3-7-12-24)26-14-8-13-25(19-26)22-9-4-2-5-10-22/h2-20H,1H3. The topological polar surface area (TPSA) is 25.8 Å². The van der Waals surface area contributed by atoms with E-state index in [4.69, 9.17) is 9.97 Å². The van der Waals surface area contributed by atoms with Gasteiger partial charge in [-0.3, -0.25) is 0 Å². The minimum Gasteiger partial charge on any atom is -0.228 e. The summed E-state index contributed by atoms with van der Waals surface area (Å²) in [6.07, 6.45) is 0. The van der Waals surface area contributed by atoms with Crippen LogP contribution in [-0.4, -0.2) is 9.97 Å². The van der Waals surface area contributed by atoms with Crippen molar-refractivity contribution in [3.8, 4) is 45.0 Å². The zero-order chi connectivity index (χ0) is 21.0. The van der Waals surface area contributed by atoms with Gasteiger partial charge < -0.3 is 0 Å². The number of hydrogen-bond acceptors (Lipinski definition) is 2. The van der Waals surface area contributed by atoms with E-state index >= 15 is 0 Å². The zero-order valence-corrected chi connectivity index (χ0v) is 17.4. The summed E-state index contributed by atoms with van der Waals surface area (Å²) in [7, 11) is 0. The first kappa shape index (κ1) is 19.0. The van der Waals surface area contributed by atoms with E-state index < -0.39 is 0 Å². The molecule has 1 heterocycles. The molecule has 0 spiro atoms. The van der Waals surface area contributed by atoms with E-state index in [1.807, 2.05) is 24.3 Å². The molecule has 0 aliphatic heterocycles. The molecule has 0 atom stereocenters. The first-order valence-electron chi connectivity index (χ1n) is 10.4. The van der Waals surface area contributed by atoms with Gasteiger partial charge in [0.25, 0.3) is 0 Å². The van der Waals surface area contributed by atoms with E-state index in [-0.39, 0.29) is 0 Å². The zero-order valence-electron chi connectivity index (χ0n) is 17.4. The lowest BCUT2D eigenvalue weighted by atomic mass is 10.0. The summed E-state index contributed by atoms with van der Waals surface area (Å²) in [4.78, 5) is 9.84. The molecular formula is C29H22N2. The van der Waals surface area contributed by atoms with Crippen LogP contribution in [0.1, 0.15) is 5.56 Å². The molecule has 0 aliphatic carbocycles. The summed E-state index contributed by atoms with van der Waals surface area (Å²) in [5.74, 6) is 0.735. The Kier molecular flexibility index (Phi) is 5.12. The number of aromatic nitrogens is 2. The highest BCUT2D eigenvalue weighted by Gasteiger charge is 2.11. The molecule has 0 radical (unpaired) electrons.